The van der Waals surface area contributed by atoms with Gasteiger partial charge in [0.25, 0.3) is 0 Å². The van der Waals surface area contributed by atoms with Gasteiger partial charge in [0.1, 0.15) is 21.5 Å². The van der Waals surface area contributed by atoms with Gasteiger partial charge in [0, 0.05) is 31.0 Å². The molecule has 6 nitrogen and oxygen atoms in total. The lowest BCUT2D eigenvalue weighted by molar-refractivity contribution is -0.132. The standard InChI is InChI=1S/C21H19F2N3O3S/c1-3-29-20(28)25-11-10-21(16-6-4-5-7-18(16)25)26(13(2)27)24-19(30-21)15-12-14(22)8-9-17(15)23/h4-9,12H,3,10-11H2,1-2H3. The Balaban J connectivity index is 1.81. The SMILES string of the molecule is CCOC(=O)N1CCC2(SC(c3cc(F)ccc3F)=NN2C(C)=O)c2ccccc21. The molecule has 0 fully saturated rings. The molecule has 0 radical (unpaired) electrons. The van der Waals surface area contributed by atoms with E-state index in [-0.39, 0.29) is 29.7 Å². The summed E-state index contributed by atoms with van der Waals surface area (Å²) in [5, 5.41) is 5.88. The van der Waals surface area contributed by atoms with Crippen LogP contribution in [0.15, 0.2) is 47.6 Å². The van der Waals surface area contributed by atoms with Crippen LogP contribution in [0.5, 0.6) is 0 Å². The molecule has 0 bridgehead atoms. The van der Waals surface area contributed by atoms with Gasteiger partial charge in [-0.05, 0) is 31.2 Å². The predicted octanol–water partition coefficient (Wildman–Crippen LogP) is 4.44. The van der Waals surface area contributed by atoms with E-state index in [1.807, 2.05) is 6.07 Å². The molecule has 2 aromatic carbocycles. The Labute approximate surface area is 176 Å². The molecule has 1 atom stereocenters. The second kappa shape index (κ2) is 7.71. The van der Waals surface area contributed by atoms with Gasteiger partial charge in [-0.15, -0.1) is 0 Å². The van der Waals surface area contributed by atoms with Gasteiger partial charge in [0.15, 0.2) is 0 Å². The van der Waals surface area contributed by atoms with E-state index in [4.69, 9.17) is 4.74 Å². The highest BCUT2D eigenvalue weighted by Gasteiger charge is 2.52. The maximum absolute atomic E-state index is 14.4. The molecule has 30 heavy (non-hydrogen) atoms. The van der Waals surface area contributed by atoms with Gasteiger partial charge in [-0.25, -0.2) is 18.6 Å². The highest BCUT2D eigenvalue weighted by Crippen LogP contribution is 2.54. The van der Waals surface area contributed by atoms with Crippen molar-refractivity contribution in [3.63, 3.8) is 0 Å². The molecule has 1 unspecified atom stereocenters. The Bertz CT molecular complexity index is 1060. The third kappa shape index (κ3) is 3.23. The Hall–Kier alpha value is -2.94. The number of para-hydroxylation sites is 1. The van der Waals surface area contributed by atoms with Gasteiger partial charge < -0.3 is 4.74 Å². The number of ether oxygens (including phenoxy) is 1. The molecule has 0 aromatic heterocycles. The number of benzene rings is 2. The first kappa shape index (κ1) is 20.3. The number of fused-ring (bicyclic) bond motifs is 2. The third-order valence-electron chi connectivity index (χ3n) is 5.03. The first-order valence-corrected chi connectivity index (χ1v) is 10.3. The number of halogens is 2. The second-order valence-corrected chi connectivity index (χ2v) is 8.13. The monoisotopic (exact) mass is 431 g/mol. The maximum atomic E-state index is 14.4. The Morgan fingerprint density at radius 1 is 1.23 bits per heavy atom. The van der Waals surface area contributed by atoms with Gasteiger partial charge in [0.2, 0.25) is 5.91 Å². The highest BCUT2D eigenvalue weighted by atomic mass is 32.2. The van der Waals surface area contributed by atoms with Crippen LogP contribution in [0.4, 0.5) is 19.3 Å². The van der Waals surface area contributed by atoms with E-state index in [1.165, 1.54) is 28.6 Å². The smallest absolute Gasteiger partial charge is 0.414 e. The van der Waals surface area contributed by atoms with Crippen molar-refractivity contribution in [3.05, 3.63) is 65.2 Å². The normalized spacial score (nSPS) is 20.2. The van der Waals surface area contributed by atoms with Gasteiger partial charge in [-0.2, -0.15) is 5.10 Å². The van der Waals surface area contributed by atoms with Gasteiger partial charge in [-0.1, -0.05) is 30.0 Å². The van der Waals surface area contributed by atoms with Crippen molar-refractivity contribution in [2.75, 3.05) is 18.1 Å². The molecule has 9 heteroatoms. The fourth-order valence-corrected chi connectivity index (χ4v) is 5.21. The average molecular weight is 431 g/mol. The number of anilines is 1. The largest absolute Gasteiger partial charge is 0.449 e. The average Bonchev–Trinajstić information content (AvgIpc) is 3.11. The minimum atomic E-state index is -0.973. The lowest BCUT2D eigenvalue weighted by atomic mass is 9.95. The van der Waals surface area contributed by atoms with Crippen LogP contribution in [0.3, 0.4) is 0 Å². The number of thioether (sulfide) groups is 1. The molecule has 156 valence electrons. The fraction of sp³-hybridized carbons (Fsp3) is 0.286. The molecule has 0 saturated carbocycles. The summed E-state index contributed by atoms with van der Waals surface area (Å²) in [6, 6.07) is 10.3. The summed E-state index contributed by atoms with van der Waals surface area (Å²) < 4.78 is 33.4. The minimum absolute atomic E-state index is 0.00608. The van der Waals surface area contributed by atoms with Crippen molar-refractivity contribution in [1.29, 1.82) is 0 Å². The molecular weight excluding hydrogens is 412 g/mol. The molecule has 0 saturated heterocycles. The first-order chi connectivity index (χ1) is 14.4. The number of carbonyl (C=O) groups excluding carboxylic acids is 2. The fourth-order valence-electron chi connectivity index (χ4n) is 3.76. The zero-order valence-electron chi connectivity index (χ0n) is 16.4. The van der Waals surface area contributed by atoms with Crippen LogP contribution in [0.25, 0.3) is 0 Å². The number of amides is 2. The van der Waals surface area contributed by atoms with Crippen LogP contribution >= 0.6 is 11.8 Å². The first-order valence-electron chi connectivity index (χ1n) is 9.45. The van der Waals surface area contributed by atoms with Crippen molar-refractivity contribution in [3.8, 4) is 0 Å². The lowest BCUT2D eigenvalue weighted by Gasteiger charge is -2.42. The third-order valence-corrected chi connectivity index (χ3v) is 6.46. The minimum Gasteiger partial charge on any atom is -0.449 e. The van der Waals surface area contributed by atoms with Crippen LogP contribution in [0.1, 0.15) is 31.4 Å². The molecule has 1 spiro atoms. The van der Waals surface area contributed by atoms with E-state index < -0.39 is 22.6 Å². The molecule has 4 rings (SSSR count). The van der Waals surface area contributed by atoms with Crippen LogP contribution in [0, 0.1) is 11.6 Å². The number of nitrogens with zero attached hydrogens (tertiary/aromatic N) is 3. The van der Waals surface area contributed by atoms with E-state index in [0.717, 1.165) is 18.2 Å². The molecule has 0 N–H and O–H groups in total. The molecule has 0 aliphatic carbocycles. The zero-order valence-corrected chi connectivity index (χ0v) is 17.2. The summed E-state index contributed by atoms with van der Waals surface area (Å²) in [6.07, 6.45) is -0.133. The molecule has 2 aliphatic heterocycles. The highest BCUT2D eigenvalue weighted by molar-refractivity contribution is 8.15. The predicted molar refractivity (Wildman–Crippen MR) is 110 cm³/mol. The summed E-state index contributed by atoms with van der Waals surface area (Å²) in [7, 11) is 0. The summed E-state index contributed by atoms with van der Waals surface area (Å²) in [4.78, 5) is 25.5. The van der Waals surface area contributed by atoms with Crippen LogP contribution in [-0.4, -0.2) is 35.2 Å². The van der Waals surface area contributed by atoms with E-state index >= 15 is 0 Å². The molecule has 2 aliphatic rings. The van der Waals surface area contributed by atoms with Gasteiger partial charge >= 0.3 is 6.09 Å². The van der Waals surface area contributed by atoms with Crippen LogP contribution in [-0.2, 0) is 14.4 Å². The summed E-state index contributed by atoms with van der Waals surface area (Å²) in [5.74, 6) is -1.56. The Kier molecular flexibility index (Phi) is 5.23. The lowest BCUT2D eigenvalue weighted by Crippen LogP contribution is -2.49. The molecule has 2 amide bonds. The number of carbonyl (C=O) groups is 2. The van der Waals surface area contributed by atoms with Crippen molar-refractivity contribution >= 4 is 34.5 Å². The summed E-state index contributed by atoms with van der Waals surface area (Å²) in [5.41, 5.74) is 1.27. The van der Waals surface area contributed by atoms with Crippen molar-refractivity contribution < 1.29 is 23.1 Å². The van der Waals surface area contributed by atoms with E-state index in [1.54, 1.807) is 25.1 Å². The number of hydrogen-bond donors (Lipinski definition) is 0. The summed E-state index contributed by atoms with van der Waals surface area (Å²) in [6.45, 7) is 3.62. The summed E-state index contributed by atoms with van der Waals surface area (Å²) >= 11 is 1.19. The van der Waals surface area contributed by atoms with E-state index in [9.17, 15) is 18.4 Å². The van der Waals surface area contributed by atoms with Gasteiger partial charge in [0.05, 0.1) is 12.3 Å². The van der Waals surface area contributed by atoms with Crippen molar-refractivity contribution in [2.24, 2.45) is 5.10 Å². The number of hydrazone groups is 1. The van der Waals surface area contributed by atoms with E-state index in [2.05, 4.69) is 5.10 Å². The number of hydrogen-bond acceptors (Lipinski definition) is 5. The van der Waals surface area contributed by atoms with Crippen molar-refractivity contribution in [1.82, 2.24) is 5.01 Å². The quantitative estimate of drug-likeness (QED) is 0.705. The maximum Gasteiger partial charge on any atom is 0.414 e. The Morgan fingerprint density at radius 3 is 2.73 bits per heavy atom. The Morgan fingerprint density at radius 2 is 2.00 bits per heavy atom. The van der Waals surface area contributed by atoms with Crippen LogP contribution in [0.2, 0.25) is 0 Å². The van der Waals surface area contributed by atoms with Crippen molar-refractivity contribution in [2.45, 2.75) is 25.1 Å². The topological polar surface area (TPSA) is 62.2 Å². The van der Waals surface area contributed by atoms with Gasteiger partial charge in [-0.3, -0.25) is 9.69 Å². The second-order valence-electron chi connectivity index (χ2n) is 6.86. The molecule has 2 aromatic rings. The molecular formula is C21H19F2N3O3S. The van der Waals surface area contributed by atoms with E-state index in [0.29, 0.717) is 17.7 Å². The zero-order chi connectivity index (χ0) is 21.5. The number of rotatable bonds is 2. The van der Waals surface area contributed by atoms with Crippen LogP contribution < -0.4 is 4.90 Å². The molecule has 2 heterocycles.